The number of benzene rings is 2. The fraction of sp³-hybridized carbons (Fsp3) is 0.350. The summed E-state index contributed by atoms with van der Waals surface area (Å²) in [5.74, 6) is 0.143. The Balaban J connectivity index is 1.93. The molecule has 1 aliphatic rings. The molecule has 0 spiro atoms. The fourth-order valence-electron chi connectivity index (χ4n) is 3.51. The van der Waals surface area contributed by atoms with Crippen LogP contribution in [0.3, 0.4) is 0 Å². The lowest BCUT2D eigenvalue weighted by Gasteiger charge is -2.28. The Kier molecular flexibility index (Phi) is 4.02. The molecule has 0 saturated heterocycles. The van der Waals surface area contributed by atoms with Gasteiger partial charge in [-0.1, -0.05) is 55.3 Å². The molecule has 0 heterocycles. The van der Waals surface area contributed by atoms with E-state index in [0.717, 1.165) is 42.5 Å². The first-order valence-electron chi connectivity index (χ1n) is 8.07. The number of nitrogens with one attached hydrogen (secondary N) is 1. The minimum absolute atomic E-state index is 0.143. The van der Waals surface area contributed by atoms with Gasteiger partial charge < -0.3 is 5.32 Å². The average molecular weight is 293 g/mol. The van der Waals surface area contributed by atoms with Crippen LogP contribution >= 0.6 is 0 Å². The lowest BCUT2D eigenvalue weighted by molar-refractivity contribution is -0.121. The number of rotatable bonds is 3. The molecule has 2 aromatic rings. The maximum atomic E-state index is 13.1. The fourth-order valence-corrected chi connectivity index (χ4v) is 3.51. The second kappa shape index (κ2) is 5.96. The van der Waals surface area contributed by atoms with Gasteiger partial charge in [0.05, 0.1) is 5.41 Å². The lowest BCUT2D eigenvalue weighted by Crippen LogP contribution is -2.38. The van der Waals surface area contributed by atoms with Crippen molar-refractivity contribution in [3.63, 3.8) is 0 Å². The van der Waals surface area contributed by atoms with Crippen LogP contribution in [0.2, 0.25) is 0 Å². The zero-order chi connectivity index (χ0) is 15.6. The molecular formula is C20H23NO. The molecule has 0 aliphatic heterocycles. The van der Waals surface area contributed by atoms with Crippen LogP contribution in [0, 0.1) is 13.8 Å². The van der Waals surface area contributed by atoms with Crippen molar-refractivity contribution >= 4 is 11.6 Å². The van der Waals surface area contributed by atoms with Gasteiger partial charge in [0, 0.05) is 5.69 Å². The summed E-state index contributed by atoms with van der Waals surface area (Å²) >= 11 is 0. The zero-order valence-corrected chi connectivity index (χ0v) is 13.4. The van der Waals surface area contributed by atoms with Gasteiger partial charge in [-0.2, -0.15) is 0 Å². The second-order valence-electron chi connectivity index (χ2n) is 6.36. The SMILES string of the molecule is Cc1cccc(NC(=O)C2(c3ccccc3)CCCC2)c1C. The van der Waals surface area contributed by atoms with Gasteiger partial charge in [0.25, 0.3) is 0 Å². The largest absolute Gasteiger partial charge is 0.325 e. The van der Waals surface area contributed by atoms with Gasteiger partial charge in [-0.3, -0.25) is 4.79 Å². The predicted octanol–water partition coefficient (Wildman–Crippen LogP) is 4.75. The molecule has 1 amide bonds. The lowest BCUT2D eigenvalue weighted by atomic mass is 9.78. The van der Waals surface area contributed by atoms with E-state index in [2.05, 4.69) is 37.4 Å². The molecule has 0 atom stereocenters. The van der Waals surface area contributed by atoms with Crippen LogP contribution in [-0.2, 0) is 10.2 Å². The molecule has 1 saturated carbocycles. The summed E-state index contributed by atoms with van der Waals surface area (Å²) < 4.78 is 0. The highest BCUT2D eigenvalue weighted by Crippen LogP contribution is 2.42. The average Bonchev–Trinajstić information content (AvgIpc) is 3.04. The Labute approximate surface area is 132 Å². The Hall–Kier alpha value is -2.09. The van der Waals surface area contributed by atoms with Crippen molar-refractivity contribution in [2.75, 3.05) is 5.32 Å². The highest BCUT2D eigenvalue weighted by atomic mass is 16.2. The van der Waals surface area contributed by atoms with E-state index < -0.39 is 0 Å². The van der Waals surface area contributed by atoms with Crippen LogP contribution in [0.1, 0.15) is 42.4 Å². The standard InChI is InChI=1S/C20H23NO/c1-15-9-8-12-18(16(15)2)21-19(22)20(13-6-7-14-20)17-10-4-3-5-11-17/h3-5,8-12H,6-7,13-14H2,1-2H3,(H,21,22). The number of carbonyl (C=O) groups is 1. The first-order chi connectivity index (χ1) is 10.6. The molecule has 3 rings (SSSR count). The smallest absolute Gasteiger partial charge is 0.235 e. The van der Waals surface area contributed by atoms with Crippen molar-refractivity contribution < 1.29 is 4.79 Å². The molecule has 0 aromatic heterocycles. The first kappa shape index (κ1) is 14.8. The molecule has 1 aliphatic carbocycles. The summed E-state index contributed by atoms with van der Waals surface area (Å²) in [6.07, 6.45) is 4.12. The number of hydrogen-bond donors (Lipinski definition) is 1. The number of carbonyl (C=O) groups excluding carboxylic acids is 1. The van der Waals surface area contributed by atoms with E-state index in [9.17, 15) is 4.79 Å². The summed E-state index contributed by atoms with van der Waals surface area (Å²) in [4.78, 5) is 13.1. The second-order valence-corrected chi connectivity index (χ2v) is 6.36. The van der Waals surface area contributed by atoms with Gasteiger partial charge in [-0.25, -0.2) is 0 Å². The van der Waals surface area contributed by atoms with Crippen molar-refractivity contribution in [1.29, 1.82) is 0 Å². The van der Waals surface area contributed by atoms with Gasteiger partial charge in [-0.05, 0) is 49.4 Å². The molecule has 1 N–H and O–H groups in total. The van der Waals surface area contributed by atoms with E-state index in [1.165, 1.54) is 5.56 Å². The van der Waals surface area contributed by atoms with E-state index >= 15 is 0 Å². The molecular weight excluding hydrogens is 270 g/mol. The summed E-state index contributed by atoms with van der Waals surface area (Å²) in [5, 5.41) is 3.19. The van der Waals surface area contributed by atoms with Crippen molar-refractivity contribution in [3.05, 3.63) is 65.2 Å². The summed E-state index contributed by atoms with van der Waals surface area (Å²) in [6, 6.07) is 16.3. The number of anilines is 1. The summed E-state index contributed by atoms with van der Waals surface area (Å²) in [5.41, 5.74) is 4.08. The molecule has 2 aromatic carbocycles. The van der Waals surface area contributed by atoms with Crippen molar-refractivity contribution in [2.45, 2.75) is 44.9 Å². The van der Waals surface area contributed by atoms with Crippen LogP contribution in [0.25, 0.3) is 0 Å². The van der Waals surface area contributed by atoms with Gasteiger partial charge in [0.15, 0.2) is 0 Å². The van der Waals surface area contributed by atoms with Crippen LogP contribution in [0.5, 0.6) is 0 Å². The minimum atomic E-state index is -0.364. The third kappa shape index (κ3) is 2.54. The van der Waals surface area contributed by atoms with E-state index in [0.29, 0.717) is 0 Å². The third-order valence-corrected chi connectivity index (χ3v) is 5.07. The number of aryl methyl sites for hydroxylation is 1. The van der Waals surface area contributed by atoms with E-state index in [4.69, 9.17) is 0 Å². The maximum Gasteiger partial charge on any atom is 0.235 e. The highest BCUT2D eigenvalue weighted by Gasteiger charge is 2.42. The van der Waals surface area contributed by atoms with Crippen LogP contribution in [-0.4, -0.2) is 5.91 Å². The van der Waals surface area contributed by atoms with E-state index in [1.807, 2.05) is 30.3 Å². The third-order valence-electron chi connectivity index (χ3n) is 5.07. The Bertz CT molecular complexity index is 669. The Morgan fingerprint density at radius 3 is 2.32 bits per heavy atom. The summed E-state index contributed by atoms with van der Waals surface area (Å²) in [7, 11) is 0. The minimum Gasteiger partial charge on any atom is -0.325 e. The van der Waals surface area contributed by atoms with Crippen molar-refractivity contribution in [2.24, 2.45) is 0 Å². The van der Waals surface area contributed by atoms with Crippen molar-refractivity contribution in [1.82, 2.24) is 0 Å². The maximum absolute atomic E-state index is 13.1. The van der Waals surface area contributed by atoms with E-state index in [-0.39, 0.29) is 11.3 Å². The van der Waals surface area contributed by atoms with Gasteiger partial charge >= 0.3 is 0 Å². The Morgan fingerprint density at radius 2 is 1.64 bits per heavy atom. The van der Waals surface area contributed by atoms with Gasteiger partial charge in [0.2, 0.25) is 5.91 Å². The summed E-state index contributed by atoms with van der Waals surface area (Å²) in [6.45, 7) is 4.14. The first-order valence-corrected chi connectivity index (χ1v) is 8.07. The molecule has 2 heteroatoms. The number of amides is 1. The molecule has 0 radical (unpaired) electrons. The monoisotopic (exact) mass is 293 g/mol. The number of hydrogen-bond acceptors (Lipinski definition) is 1. The predicted molar refractivity (Wildman–Crippen MR) is 91.1 cm³/mol. The van der Waals surface area contributed by atoms with Crippen molar-refractivity contribution in [3.8, 4) is 0 Å². The quantitative estimate of drug-likeness (QED) is 0.869. The van der Waals surface area contributed by atoms with Crippen LogP contribution in [0.4, 0.5) is 5.69 Å². The highest BCUT2D eigenvalue weighted by molar-refractivity contribution is 6.00. The van der Waals surface area contributed by atoms with Gasteiger partial charge in [-0.15, -0.1) is 0 Å². The topological polar surface area (TPSA) is 29.1 Å². The molecule has 0 unspecified atom stereocenters. The zero-order valence-electron chi connectivity index (χ0n) is 13.4. The Morgan fingerprint density at radius 1 is 0.955 bits per heavy atom. The molecule has 114 valence electrons. The van der Waals surface area contributed by atoms with Crippen LogP contribution in [0.15, 0.2) is 48.5 Å². The normalized spacial score (nSPS) is 16.5. The van der Waals surface area contributed by atoms with Gasteiger partial charge in [0.1, 0.15) is 0 Å². The molecule has 0 bridgehead atoms. The van der Waals surface area contributed by atoms with Crippen LogP contribution < -0.4 is 5.32 Å². The molecule has 2 nitrogen and oxygen atoms in total. The molecule has 1 fully saturated rings. The van der Waals surface area contributed by atoms with E-state index in [1.54, 1.807) is 0 Å². The molecule has 22 heavy (non-hydrogen) atoms.